The lowest BCUT2D eigenvalue weighted by molar-refractivity contribution is 0.105. The Morgan fingerprint density at radius 3 is 1.91 bits per heavy atom. The minimum Gasteiger partial charge on any atom is -0.396 e. The van der Waals surface area contributed by atoms with Gasteiger partial charge in [-0.3, -0.25) is 0 Å². The Bertz CT molecular complexity index is 286. The van der Waals surface area contributed by atoms with Crippen molar-refractivity contribution < 1.29 is 8.85 Å². The van der Waals surface area contributed by atoms with Crippen molar-refractivity contribution in [2.45, 2.75) is 96.4 Å². The molecule has 0 amide bonds. The third-order valence-corrected chi connectivity index (χ3v) is 9.09. The van der Waals surface area contributed by atoms with Crippen molar-refractivity contribution in [2.75, 3.05) is 13.2 Å². The van der Waals surface area contributed by atoms with Crippen LogP contribution in [0.1, 0.15) is 91.4 Å². The highest BCUT2D eigenvalue weighted by molar-refractivity contribution is 6.48. The Morgan fingerprint density at radius 2 is 1.41 bits per heavy atom. The molecule has 0 aromatic carbocycles. The SMILES string of the molecule is CCCO[SiH](OCCC)C1(C2CCC(C)CC2)CCCCC1. The van der Waals surface area contributed by atoms with Crippen LogP contribution in [0.2, 0.25) is 5.04 Å². The summed E-state index contributed by atoms with van der Waals surface area (Å²) in [7, 11) is -1.58. The molecule has 0 aliphatic heterocycles. The highest BCUT2D eigenvalue weighted by atomic mass is 28.3. The van der Waals surface area contributed by atoms with Gasteiger partial charge in [-0.15, -0.1) is 0 Å². The summed E-state index contributed by atoms with van der Waals surface area (Å²) in [5, 5.41) is 0.447. The van der Waals surface area contributed by atoms with Gasteiger partial charge in [-0.25, -0.2) is 0 Å². The van der Waals surface area contributed by atoms with Crippen LogP contribution in [-0.4, -0.2) is 22.5 Å². The van der Waals surface area contributed by atoms with Gasteiger partial charge in [-0.05, 0) is 50.4 Å². The summed E-state index contributed by atoms with van der Waals surface area (Å²) in [6, 6.07) is 0. The smallest absolute Gasteiger partial charge is 0.328 e. The number of rotatable bonds is 8. The first-order chi connectivity index (χ1) is 10.7. The molecule has 0 atom stereocenters. The van der Waals surface area contributed by atoms with Crippen molar-refractivity contribution in [1.82, 2.24) is 0 Å². The monoisotopic (exact) mass is 326 g/mol. The largest absolute Gasteiger partial charge is 0.396 e. The predicted octanol–water partition coefficient (Wildman–Crippen LogP) is 5.59. The Morgan fingerprint density at radius 1 is 0.864 bits per heavy atom. The average Bonchev–Trinajstić information content (AvgIpc) is 2.56. The number of hydrogen-bond donors (Lipinski definition) is 0. The van der Waals surface area contributed by atoms with Crippen LogP contribution in [0.3, 0.4) is 0 Å². The van der Waals surface area contributed by atoms with E-state index in [9.17, 15) is 0 Å². The molecule has 0 bridgehead atoms. The molecule has 0 heterocycles. The predicted molar refractivity (Wildman–Crippen MR) is 96.5 cm³/mol. The van der Waals surface area contributed by atoms with E-state index in [0.29, 0.717) is 5.04 Å². The zero-order valence-corrected chi connectivity index (χ0v) is 16.4. The fourth-order valence-electron chi connectivity index (χ4n) is 4.71. The fraction of sp³-hybridized carbons (Fsp3) is 1.00. The van der Waals surface area contributed by atoms with Gasteiger partial charge >= 0.3 is 9.28 Å². The van der Waals surface area contributed by atoms with E-state index >= 15 is 0 Å². The second-order valence-electron chi connectivity index (χ2n) is 7.82. The third-order valence-electron chi connectivity index (χ3n) is 6.03. The van der Waals surface area contributed by atoms with Crippen LogP contribution in [0.25, 0.3) is 0 Å². The summed E-state index contributed by atoms with van der Waals surface area (Å²) < 4.78 is 12.9. The summed E-state index contributed by atoms with van der Waals surface area (Å²) in [5.41, 5.74) is 0. The van der Waals surface area contributed by atoms with E-state index in [-0.39, 0.29) is 0 Å². The second kappa shape index (κ2) is 9.44. The van der Waals surface area contributed by atoms with Gasteiger partial charge in [0.25, 0.3) is 0 Å². The van der Waals surface area contributed by atoms with Crippen LogP contribution in [0, 0.1) is 11.8 Å². The zero-order valence-electron chi connectivity index (χ0n) is 15.2. The van der Waals surface area contributed by atoms with Gasteiger partial charge in [0.2, 0.25) is 0 Å². The lowest BCUT2D eigenvalue weighted by atomic mass is 9.70. The molecule has 2 aliphatic rings. The first-order valence-electron chi connectivity index (χ1n) is 9.96. The molecule has 2 rings (SSSR count). The summed E-state index contributed by atoms with van der Waals surface area (Å²) in [4.78, 5) is 0. The molecule has 2 saturated carbocycles. The molecule has 2 fully saturated rings. The lowest BCUT2D eigenvalue weighted by Crippen LogP contribution is -2.46. The normalized spacial score (nSPS) is 28.9. The standard InChI is InChI=1S/C19H38O2Si/c1-4-15-20-22(21-16-5-2)19(13-7-6-8-14-19)18-11-9-17(3)10-12-18/h17-18,22H,4-16H2,1-3H3. The molecule has 2 aliphatic carbocycles. The van der Waals surface area contributed by atoms with Gasteiger partial charge in [0.05, 0.1) is 0 Å². The second-order valence-corrected chi connectivity index (χ2v) is 10.3. The molecular weight excluding hydrogens is 288 g/mol. The van der Waals surface area contributed by atoms with Gasteiger partial charge in [0.1, 0.15) is 0 Å². The highest BCUT2D eigenvalue weighted by Crippen LogP contribution is 2.56. The zero-order chi connectivity index (χ0) is 15.8. The van der Waals surface area contributed by atoms with E-state index in [4.69, 9.17) is 8.85 Å². The minimum atomic E-state index is -1.58. The summed E-state index contributed by atoms with van der Waals surface area (Å²) in [5.74, 6) is 1.82. The Labute approximate surface area is 140 Å². The van der Waals surface area contributed by atoms with Gasteiger partial charge in [0.15, 0.2) is 0 Å². The average molecular weight is 327 g/mol. The van der Waals surface area contributed by atoms with Crippen LogP contribution in [0.15, 0.2) is 0 Å². The maximum Gasteiger partial charge on any atom is 0.328 e. The molecule has 3 heteroatoms. The van der Waals surface area contributed by atoms with Crippen molar-refractivity contribution in [1.29, 1.82) is 0 Å². The van der Waals surface area contributed by atoms with Gasteiger partial charge in [-0.2, -0.15) is 0 Å². The number of hydrogen-bond acceptors (Lipinski definition) is 2. The first kappa shape index (κ1) is 18.5. The molecule has 0 saturated heterocycles. The van der Waals surface area contributed by atoms with Crippen LogP contribution < -0.4 is 0 Å². The van der Waals surface area contributed by atoms with E-state index in [1.165, 1.54) is 57.8 Å². The van der Waals surface area contributed by atoms with Crippen molar-refractivity contribution in [2.24, 2.45) is 11.8 Å². The Balaban J connectivity index is 2.12. The topological polar surface area (TPSA) is 18.5 Å². The maximum absolute atomic E-state index is 6.43. The lowest BCUT2D eigenvalue weighted by Gasteiger charge is -2.49. The molecule has 0 radical (unpaired) electrons. The van der Waals surface area contributed by atoms with Gasteiger partial charge in [0, 0.05) is 18.3 Å². The summed E-state index contributed by atoms with van der Waals surface area (Å²) >= 11 is 0. The molecule has 22 heavy (non-hydrogen) atoms. The summed E-state index contributed by atoms with van der Waals surface area (Å²) in [6.07, 6.45) is 14.9. The van der Waals surface area contributed by atoms with Crippen LogP contribution in [0.5, 0.6) is 0 Å². The van der Waals surface area contributed by atoms with Crippen molar-refractivity contribution >= 4 is 9.28 Å². The molecule has 2 nitrogen and oxygen atoms in total. The molecule has 0 aromatic rings. The quantitative estimate of drug-likeness (QED) is 0.541. The van der Waals surface area contributed by atoms with Gasteiger partial charge < -0.3 is 8.85 Å². The molecule has 0 spiro atoms. The van der Waals surface area contributed by atoms with E-state index in [0.717, 1.165) is 37.9 Å². The molecule has 0 N–H and O–H groups in total. The van der Waals surface area contributed by atoms with Crippen molar-refractivity contribution in [3.63, 3.8) is 0 Å². The third kappa shape index (κ3) is 4.58. The van der Waals surface area contributed by atoms with Crippen LogP contribution in [-0.2, 0) is 8.85 Å². The molecule has 0 unspecified atom stereocenters. The van der Waals surface area contributed by atoms with E-state index in [2.05, 4.69) is 20.8 Å². The van der Waals surface area contributed by atoms with Crippen LogP contribution in [0.4, 0.5) is 0 Å². The van der Waals surface area contributed by atoms with Crippen molar-refractivity contribution in [3.8, 4) is 0 Å². The van der Waals surface area contributed by atoms with E-state index < -0.39 is 9.28 Å². The minimum absolute atomic E-state index is 0.447. The van der Waals surface area contributed by atoms with Gasteiger partial charge in [-0.1, -0.05) is 52.9 Å². The molecular formula is C19H38O2Si. The fourth-order valence-corrected chi connectivity index (χ4v) is 7.97. The van der Waals surface area contributed by atoms with E-state index in [1.807, 2.05) is 0 Å². The molecule has 0 aromatic heterocycles. The highest BCUT2D eigenvalue weighted by Gasteiger charge is 2.49. The first-order valence-corrected chi connectivity index (χ1v) is 11.5. The summed E-state index contributed by atoms with van der Waals surface area (Å²) in [6.45, 7) is 8.69. The maximum atomic E-state index is 6.43. The van der Waals surface area contributed by atoms with Crippen LogP contribution >= 0.6 is 0 Å². The Kier molecular flexibility index (Phi) is 7.92. The van der Waals surface area contributed by atoms with E-state index in [1.54, 1.807) is 0 Å². The van der Waals surface area contributed by atoms with Crippen molar-refractivity contribution in [3.05, 3.63) is 0 Å². The Hall–Kier alpha value is 0.137. The molecule has 130 valence electrons.